The highest BCUT2D eigenvalue weighted by molar-refractivity contribution is 7.92. The largest absolute Gasteiger partial charge is 0.444 e. The summed E-state index contributed by atoms with van der Waals surface area (Å²) in [5.41, 5.74) is 6.07. The molecular weight excluding hydrogens is 310 g/mol. The molecule has 2 rings (SSSR count). The molecule has 0 amide bonds. The van der Waals surface area contributed by atoms with E-state index in [0.717, 1.165) is 11.3 Å². The van der Waals surface area contributed by atoms with Crippen LogP contribution in [0.15, 0.2) is 45.0 Å². The number of hydrogen-bond donors (Lipinski definition) is 1. The summed E-state index contributed by atoms with van der Waals surface area (Å²) in [5.74, 6) is 0.590. The van der Waals surface area contributed by atoms with Crippen LogP contribution in [0.25, 0.3) is 0 Å². The van der Waals surface area contributed by atoms with E-state index in [1.807, 2.05) is 18.2 Å². The van der Waals surface area contributed by atoms with E-state index in [9.17, 15) is 8.42 Å². The fraction of sp³-hybridized carbons (Fsp3) is 0.154. The van der Waals surface area contributed by atoms with Gasteiger partial charge in [-0.1, -0.05) is 29.5 Å². The molecule has 0 aliphatic heterocycles. The molecule has 0 aliphatic carbocycles. The summed E-state index contributed by atoms with van der Waals surface area (Å²) in [6.07, 6.45) is 1.23. The van der Waals surface area contributed by atoms with Crippen LogP contribution in [-0.4, -0.2) is 33.8 Å². The topological polar surface area (TPSA) is 85.0 Å². The van der Waals surface area contributed by atoms with Gasteiger partial charge >= 0.3 is 0 Å². The molecule has 112 valence electrons. The minimum absolute atomic E-state index is 0.0454. The van der Waals surface area contributed by atoms with E-state index in [1.165, 1.54) is 17.3 Å². The number of para-hydroxylation sites is 1. The first-order valence-electron chi connectivity index (χ1n) is 5.97. The second kappa shape index (κ2) is 6.15. The van der Waals surface area contributed by atoms with Gasteiger partial charge in [0.05, 0.1) is 5.69 Å². The molecule has 0 aliphatic rings. The van der Waals surface area contributed by atoms with Crippen molar-refractivity contribution in [2.45, 2.75) is 4.21 Å². The van der Waals surface area contributed by atoms with Crippen molar-refractivity contribution in [1.29, 1.82) is 0 Å². The van der Waals surface area contributed by atoms with E-state index < -0.39 is 10.0 Å². The number of hydrogen-bond acceptors (Lipinski definition) is 5. The van der Waals surface area contributed by atoms with Crippen LogP contribution < -0.4 is 10.5 Å². The molecule has 0 radical (unpaired) electrons. The quantitative estimate of drug-likeness (QED) is 0.674. The Labute approximate surface area is 127 Å². The lowest BCUT2D eigenvalue weighted by atomic mass is 10.3. The third kappa shape index (κ3) is 3.96. The molecule has 2 aromatic rings. The first-order chi connectivity index (χ1) is 9.88. The Morgan fingerprint density at radius 2 is 1.95 bits per heavy atom. The van der Waals surface area contributed by atoms with Crippen LogP contribution in [0.4, 0.5) is 5.69 Å². The minimum atomic E-state index is -3.76. The molecule has 0 saturated carbocycles. The molecule has 0 fully saturated rings. The van der Waals surface area contributed by atoms with E-state index in [1.54, 1.807) is 26.2 Å². The molecule has 1 heterocycles. The van der Waals surface area contributed by atoms with E-state index in [-0.39, 0.29) is 9.90 Å². The highest BCUT2D eigenvalue weighted by atomic mass is 32.2. The molecule has 0 saturated heterocycles. The molecule has 0 bridgehead atoms. The second-order valence-corrected chi connectivity index (χ2v) is 7.26. The van der Waals surface area contributed by atoms with Crippen molar-refractivity contribution in [3.8, 4) is 10.8 Å². The Morgan fingerprint density at radius 1 is 1.29 bits per heavy atom. The number of ether oxygens (including phenoxy) is 1. The maximum Gasteiger partial charge on any atom is 0.293 e. The zero-order valence-corrected chi connectivity index (χ0v) is 13.2. The van der Waals surface area contributed by atoms with Gasteiger partial charge < -0.3 is 15.4 Å². The summed E-state index contributed by atoms with van der Waals surface area (Å²) in [4.78, 5) is 1.54. The number of benzene rings is 1. The smallest absolute Gasteiger partial charge is 0.293 e. The van der Waals surface area contributed by atoms with Crippen LogP contribution >= 0.6 is 11.3 Å². The van der Waals surface area contributed by atoms with Crippen molar-refractivity contribution in [1.82, 2.24) is 4.90 Å². The van der Waals surface area contributed by atoms with Gasteiger partial charge in [0.25, 0.3) is 10.0 Å². The molecule has 2 N–H and O–H groups in total. The lowest BCUT2D eigenvalue weighted by molar-refractivity contribution is 0.499. The normalized spacial score (nSPS) is 11.7. The zero-order chi connectivity index (χ0) is 15.5. The third-order valence-electron chi connectivity index (χ3n) is 2.33. The van der Waals surface area contributed by atoms with Gasteiger partial charge in [-0.25, -0.2) is 0 Å². The van der Waals surface area contributed by atoms with Crippen molar-refractivity contribution in [2.75, 3.05) is 19.8 Å². The lowest BCUT2D eigenvalue weighted by Gasteiger charge is -2.03. The standard InChI is InChI=1S/C13H15N3O3S2/c1-16(2)9-15-21(17,18)12-8-11(14)13(20-12)19-10-6-4-3-5-7-10/h3-9H,14H2,1-2H3/b15-9+. The minimum Gasteiger partial charge on any atom is -0.444 e. The summed E-state index contributed by atoms with van der Waals surface area (Å²) in [6.45, 7) is 0. The molecule has 0 unspecified atom stereocenters. The van der Waals surface area contributed by atoms with Crippen LogP contribution in [0.1, 0.15) is 0 Å². The number of thiophene rings is 1. The van der Waals surface area contributed by atoms with Gasteiger partial charge in [0.1, 0.15) is 16.3 Å². The number of nitrogen functional groups attached to an aromatic ring is 1. The predicted molar refractivity (Wildman–Crippen MR) is 84.6 cm³/mol. The van der Waals surface area contributed by atoms with Crippen LogP contribution in [-0.2, 0) is 10.0 Å². The highest BCUT2D eigenvalue weighted by Crippen LogP contribution is 2.39. The SMILES string of the molecule is CN(C)/C=N/S(=O)(=O)c1cc(N)c(Oc2ccccc2)s1. The molecule has 1 aromatic heterocycles. The van der Waals surface area contributed by atoms with Gasteiger partial charge in [-0.15, -0.1) is 4.40 Å². The van der Waals surface area contributed by atoms with Crippen LogP contribution in [0.3, 0.4) is 0 Å². The fourth-order valence-corrected chi connectivity index (χ4v) is 3.53. The van der Waals surface area contributed by atoms with Gasteiger partial charge in [-0.3, -0.25) is 0 Å². The van der Waals surface area contributed by atoms with Gasteiger partial charge in [0.15, 0.2) is 0 Å². The van der Waals surface area contributed by atoms with Crippen LogP contribution in [0.5, 0.6) is 10.8 Å². The first-order valence-corrected chi connectivity index (χ1v) is 8.23. The average molecular weight is 325 g/mol. The Hall–Kier alpha value is -2.06. The number of anilines is 1. The number of nitrogens with zero attached hydrogens (tertiary/aromatic N) is 2. The zero-order valence-electron chi connectivity index (χ0n) is 11.6. The van der Waals surface area contributed by atoms with E-state index in [2.05, 4.69) is 4.40 Å². The average Bonchev–Trinajstić information content (AvgIpc) is 2.80. The highest BCUT2D eigenvalue weighted by Gasteiger charge is 2.19. The molecule has 8 heteroatoms. The molecule has 21 heavy (non-hydrogen) atoms. The number of nitrogens with two attached hydrogens (primary N) is 1. The lowest BCUT2D eigenvalue weighted by Crippen LogP contribution is -2.09. The maximum atomic E-state index is 12.0. The Morgan fingerprint density at radius 3 is 2.57 bits per heavy atom. The fourth-order valence-electron chi connectivity index (χ4n) is 1.38. The summed E-state index contributed by atoms with van der Waals surface area (Å²) in [6, 6.07) is 10.4. The number of sulfonamides is 1. The summed E-state index contributed by atoms with van der Waals surface area (Å²) < 4.78 is 33.2. The number of rotatable bonds is 5. The second-order valence-electron chi connectivity index (χ2n) is 4.38. The molecule has 1 aromatic carbocycles. The van der Waals surface area contributed by atoms with Gasteiger partial charge in [0, 0.05) is 14.1 Å². The molecule has 0 spiro atoms. The Balaban J connectivity index is 2.27. The van der Waals surface area contributed by atoms with E-state index >= 15 is 0 Å². The third-order valence-corrected chi connectivity index (χ3v) is 5.03. The Kier molecular flexibility index (Phi) is 4.49. The predicted octanol–water partition coefficient (Wildman–Crippen LogP) is 2.40. The summed E-state index contributed by atoms with van der Waals surface area (Å²) in [5, 5.41) is 0.333. The molecule has 6 nitrogen and oxygen atoms in total. The van der Waals surface area contributed by atoms with Crippen molar-refractivity contribution < 1.29 is 13.2 Å². The summed E-state index contributed by atoms with van der Waals surface area (Å²) in [7, 11) is -0.390. The van der Waals surface area contributed by atoms with E-state index in [4.69, 9.17) is 10.5 Å². The van der Waals surface area contributed by atoms with Crippen molar-refractivity contribution in [2.24, 2.45) is 4.40 Å². The van der Waals surface area contributed by atoms with Gasteiger partial charge in [-0.05, 0) is 18.2 Å². The van der Waals surface area contributed by atoms with Crippen LogP contribution in [0, 0.1) is 0 Å². The van der Waals surface area contributed by atoms with Crippen LogP contribution in [0.2, 0.25) is 0 Å². The van der Waals surface area contributed by atoms with E-state index in [0.29, 0.717) is 10.8 Å². The Bertz CT molecular complexity index is 737. The monoisotopic (exact) mass is 325 g/mol. The summed E-state index contributed by atoms with van der Waals surface area (Å²) >= 11 is 0.945. The molecular formula is C13H15N3O3S2. The van der Waals surface area contributed by atoms with Crippen molar-refractivity contribution in [3.63, 3.8) is 0 Å². The van der Waals surface area contributed by atoms with Gasteiger partial charge in [-0.2, -0.15) is 8.42 Å². The van der Waals surface area contributed by atoms with Crippen molar-refractivity contribution >= 4 is 33.4 Å². The molecule has 0 atom stereocenters. The first kappa shape index (κ1) is 15.3. The maximum absolute atomic E-state index is 12.0. The van der Waals surface area contributed by atoms with Crippen molar-refractivity contribution in [3.05, 3.63) is 36.4 Å². The van der Waals surface area contributed by atoms with Gasteiger partial charge in [0.2, 0.25) is 5.06 Å².